The number of imidazole rings is 1. The predicted molar refractivity (Wildman–Crippen MR) is 136 cm³/mol. The maximum absolute atomic E-state index is 2.36. The highest BCUT2D eigenvalue weighted by Gasteiger charge is 2.28. The van der Waals surface area contributed by atoms with E-state index in [0.29, 0.717) is 0 Å². The maximum atomic E-state index is 2.36. The van der Waals surface area contributed by atoms with Gasteiger partial charge in [0.05, 0.1) is 5.56 Å². The van der Waals surface area contributed by atoms with Gasteiger partial charge >= 0.3 is 0 Å². The Morgan fingerprint density at radius 3 is 1.64 bits per heavy atom. The molecule has 6 rings (SSSR count). The van der Waals surface area contributed by atoms with Gasteiger partial charge in [-0.1, -0.05) is 91.0 Å². The highest BCUT2D eigenvalue weighted by atomic mass is 15.2. The number of fused-ring (bicyclic) bond motifs is 1. The van der Waals surface area contributed by atoms with Gasteiger partial charge in [-0.3, -0.25) is 0 Å². The third-order valence-electron chi connectivity index (χ3n) is 6.07. The number of benzene rings is 5. The SMILES string of the molecule is c1ccc(-c2ccc(-c3n(-c4ccccc4)c4ccccc4[n+]3-c3ccccc3)cc2)cc1. The molecule has 2 nitrogen and oxygen atoms in total. The van der Waals surface area contributed by atoms with Crippen LogP contribution in [0.1, 0.15) is 0 Å². The molecule has 0 unspecified atom stereocenters. The van der Waals surface area contributed by atoms with Gasteiger partial charge in [-0.05, 0) is 59.7 Å². The Morgan fingerprint density at radius 2 is 0.939 bits per heavy atom. The molecule has 0 aliphatic heterocycles. The van der Waals surface area contributed by atoms with E-state index in [9.17, 15) is 0 Å². The van der Waals surface area contributed by atoms with E-state index >= 15 is 0 Å². The zero-order valence-electron chi connectivity index (χ0n) is 18.2. The zero-order chi connectivity index (χ0) is 22.0. The van der Waals surface area contributed by atoms with Crippen LogP contribution >= 0.6 is 0 Å². The van der Waals surface area contributed by atoms with Gasteiger partial charge in [-0.15, -0.1) is 0 Å². The average molecular weight is 424 g/mol. The number of nitrogens with zero attached hydrogens (tertiary/aromatic N) is 2. The Bertz CT molecular complexity index is 1440. The predicted octanol–water partition coefficient (Wildman–Crippen LogP) is 7.24. The van der Waals surface area contributed by atoms with Crippen LogP contribution in [0.3, 0.4) is 0 Å². The fourth-order valence-electron chi connectivity index (χ4n) is 4.55. The highest BCUT2D eigenvalue weighted by Crippen LogP contribution is 2.30. The van der Waals surface area contributed by atoms with Crippen LogP contribution in [0.5, 0.6) is 0 Å². The Kier molecular flexibility index (Phi) is 4.82. The van der Waals surface area contributed by atoms with Crippen LogP contribution in [0.25, 0.3) is 44.9 Å². The van der Waals surface area contributed by atoms with Crippen molar-refractivity contribution in [2.24, 2.45) is 0 Å². The lowest BCUT2D eigenvalue weighted by molar-refractivity contribution is -0.555. The minimum atomic E-state index is 1.13. The third-order valence-corrected chi connectivity index (χ3v) is 6.07. The molecule has 33 heavy (non-hydrogen) atoms. The van der Waals surface area contributed by atoms with Crippen LogP contribution in [-0.2, 0) is 0 Å². The molecular weight excluding hydrogens is 400 g/mol. The highest BCUT2D eigenvalue weighted by molar-refractivity contribution is 5.80. The second-order valence-electron chi connectivity index (χ2n) is 8.10. The van der Waals surface area contributed by atoms with Gasteiger partial charge in [0.2, 0.25) is 0 Å². The first-order chi connectivity index (χ1) is 16.4. The van der Waals surface area contributed by atoms with E-state index in [4.69, 9.17) is 0 Å². The molecule has 0 N–H and O–H groups in total. The first-order valence-electron chi connectivity index (χ1n) is 11.2. The Balaban J connectivity index is 1.65. The van der Waals surface area contributed by atoms with Gasteiger partial charge in [0, 0.05) is 0 Å². The minimum absolute atomic E-state index is 1.13. The molecular formula is C31H23N2+. The molecule has 156 valence electrons. The lowest BCUT2D eigenvalue weighted by Crippen LogP contribution is -2.32. The lowest BCUT2D eigenvalue weighted by atomic mass is 10.0. The first kappa shape index (κ1) is 19.3. The zero-order valence-corrected chi connectivity index (χ0v) is 18.2. The summed E-state index contributed by atoms with van der Waals surface area (Å²) in [6, 6.07) is 49.2. The summed E-state index contributed by atoms with van der Waals surface area (Å²) in [4.78, 5) is 0. The smallest absolute Gasteiger partial charge is 0.188 e. The van der Waals surface area contributed by atoms with E-state index in [2.05, 4.69) is 149 Å². The number of hydrogen-bond acceptors (Lipinski definition) is 0. The molecule has 0 fully saturated rings. The summed E-state index contributed by atoms with van der Waals surface area (Å²) < 4.78 is 4.72. The van der Waals surface area contributed by atoms with E-state index in [1.165, 1.54) is 27.7 Å². The van der Waals surface area contributed by atoms with E-state index in [0.717, 1.165) is 17.2 Å². The molecule has 0 radical (unpaired) electrons. The van der Waals surface area contributed by atoms with Crippen molar-refractivity contribution < 1.29 is 4.57 Å². The van der Waals surface area contributed by atoms with Crippen LogP contribution in [0.15, 0.2) is 140 Å². The summed E-state index contributed by atoms with van der Waals surface area (Å²) in [6.45, 7) is 0. The van der Waals surface area contributed by atoms with Gasteiger partial charge in [-0.25, -0.2) is 0 Å². The molecule has 2 heteroatoms. The number of aromatic nitrogens is 2. The topological polar surface area (TPSA) is 8.81 Å². The Hall–Kier alpha value is -4.43. The second kappa shape index (κ2) is 8.25. The van der Waals surface area contributed by atoms with Gasteiger partial charge in [0.15, 0.2) is 11.0 Å². The molecule has 0 amide bonds. The van der Waals surface area contributed by atoms with Crippen molar-refractivity contribution in [3.05, 3.63) is 140 Å². The molecule has 0 saturated heterocycles. The maximum Gasteiger partial charge on any atom is 0.300 e. The normalized spacial score (nSPS) is 11.0. The van der Waals surface area contributed by atoms with E-state index < -0.39 is 0 Å². The first-order valence-corrected chi connectivity index (χ1v) is 11.2. The lowest BCUT2D eigenvalue weighted by Gasteiger charge is -2.07. The monoisotopic (exact) mass is 423 g/mol. The number of para-hydroxylation sites is 4. The van der Waals surface area contributed by atoms with Crippen LogP contribution in [-0.4, -0.2) is 4.57 Å². The van der Waals surface area contributed by atoms with E-state index in [1.54, 1.807) is 0 Å². The quantitative estimate of drug-likeness (QED) is 0.264. The van der Waals surface area contributed by atoms with Crippen molar-refractivity contribution >= 4 is 11.0 Å². The second-order valence-corrected chi connectivity index (χ2v) is 8.10. The van der Waals surface area contributed by atoms with E-state index in [-0.39, 0.29) is 0 Å². The van der Waals surface area contributed by atoms with Gasteiger partial charge in [-0.2, -0.15) is 9.13 Å². The molecule has 0 spiro atoms. The molecule has 1 aromatic heterocycles. The van der Waals surface area contributed by atoms with Crippen molar-refractivity contribution in [2.45, 2.75) is 0 Å². The fourth-order valence-corrected chi connectivity index (χ4v) is 4.55. The number of hydrogen-bond donors (Lipinski definition) is 0. The van der Waals surface area contributed by atoms with Crippen molar-refractivity contribution in [1.82, 2.24) is 4.57 Å². The Morgan fingerprint density at radius 1 is 0.424 bits per heavy atom. The van der Waals surface area contributed by atoms with Gasteiger partial charge in [0.1, 0.15) is 11.4 Å². The van der Waals surface area contributed by atoms with Crippen LogP contribution in [0.2, 0.25) is 0 Å². The van der Waals surface area contributed by atoms with Crippen LogP contribution in [0.4, 0.5) is 0 Å². The molecule has 0 bridgehead atoms. The van der Waals surface area contributed by atoms with Crippen molar-refractivity contribution in [1.29, 1.82) is 0 Å². The van der Waals surface area contributed by atoms with Crippen molar-refractivity contribution in [3.8, 4) is 33.9 Å². The molecule has 6 aromatic rings. The third kappa shape index (κ3) is 3.42. The summed E-state index contributed by atoms with van der Waals surface area (Å²) in [5.74, 6) is 1.13. The van der Waals surface area contributed by atoms with Gasteiger partial charge in [0.25, 0.3) is 5.82 Å². The van der Waals surface area contributed by atoms with Crippen LogP contribution < -0.4 is 4.57 Å². The number of rotatable bonds is 4. The molecule has 0 aliphatic rings. The average Bonchev–Trinajstić information content (AvgIpc) is 3.25. The van der Waals surface area contributed by atoms with Crippen molar-refractivity contribution in [3.63, 3.8) is 0 Å². The standard InChI is InChI=1S/C31H23N2/c1-4-12-24(13-5-1)25-20-22-26(23-21-25)31-32(27-14-6-2-7-15-27)29-18-10-11-19-30(29)33(31)28-16-8-3-9-17-28/h1-23H/q+1. The van der Waals surface area contributed by atoms with Gasteiger partial charge < -0.3 is 0 Å². The molecule has 0 atom stereocenters. The summed E-state index contributed by atoms with van der Waals surface area (Å²) >= 11 is 0. The van der Waals surface area contributed by atoms with E-state index in [1.807, 2.05) is 0 Å². The molecule has 1 heterocycles. The fraction of sp³-hybridized carbons (Fsp3) is 0. The largest absolute Gasteiger partial charge is 0.300 e. The minimum Gasteiger partial charge on any atom is -0.188 e. The summed E-state index contributed by atoms with van der Waals surface area (Å²) in [5, 5.41) is 0. The summed E-state index contributed by atoms with van der Waals surface area (Å²) in [7, 11) is 0. The summed E-state index contributed by atoms with van der Waals surface area (Å²) in [6.07, 6.45) is 0. The summed E-state index contributed by atoms with van der Waals surface area (Å²) in [5.41, 5.74) is 8.25. The van der Waals surface area contributed by atoms with Crippen molar-refractivity contribution in [2.75, 3.05) is 0 Å². The molecule has 0 aliphatic carbocycles. The van der Waals surface area contributed by atoms with Crippen LogP contribution in [0, 0.1) is 0 Å². The molecule has 5 aromatic carbocycles. The Labute approximate surface area is 193 Å². The molecule has 0 saturated carbocycles.